The molecule has 0 saturated carbocycles. The van der Waals surface area contributed by atoms with Crippen molar-refractivity contribution in [3.63, 3.8) is 0 Å². The summed E-state index contributed by atoms with van der Waals surface area (Å²) in [6.45, 7) is 6.55. The van der Waals surface area contributed by atoms with Crippen molar-refractivity contribution in [2.75, 3.05) is 13.2 Å². The van der Waals surface area contributed by atoms with E-state index in [0.29, 0.717) is 0 Å². The maximum absolute atomic E-state index is 10.7. The molecule has 1 atom stereocenters. The first kappa shape index (κ1) is 13.6. The van der Waals surface area contributed by atoms with E-state index in [4.69, 9.17) is 9.47 Å². The molecular weight excluding hydrogens is 180 g/mol. The van der Waals surface area contributed by atoms with Gasteiger partial charge in [0.1, 0.15) is 6.61 Å². The lowest BCUT2D eigenvalue weighted by atomic mass is 10.3. The molecule has 1 unspecified atom stereocenters. The summed E-state index contributed by atoms with van der Waals surface area (Å²) in [5.74, 6) is 0.0422. The van der Waals surface area contributed by atoms with Crippen molar-refractivity contribution in [2.45, 2.75) is 52.7 Å². The van der Waals surface area contributed by atoms with Crippen LogP contribution >= 0.6 is 0 Å². The average Bonchev–Trinajstić information content (AvgIpc) is 2.16. The Morgan fingerprint density at radius 3 is 2.43 bits per heavy atom. The van der Waals surface area contributed by atoms with Crippen LogP contribution < -0.4 is 0 Å². The van der Waals surface area contributed by atoms with E-state index in [9.17, 15) is 4.79 Å². The zero-order valence-electron chi connectivity index (χ0n) is 9.54. The third kappa shape index (κ3) is 8.20. The molecule has 0 spiro atoms. The van der Waals surface area contributed by atoms with Gasteiger partial charge in [-0.15, -0.1) is 0 Å². The number of ether oxygens (including phenoxy) is 2. The number of ketones is 1. The monoisotopic (exact) mass is 202 g/mol. The van der Waals surface area contributed by atoms with E-state index >= 15 is 0 Å². The summed E-state index contributed by atoms with van der Waals surface area (Å²) in [6, 6.07) is 0. The third-order valence-electron chi connectivity index (χ3n) is 1.86. The van der Waals surface area contributed by atoms with Gasteiger partial charge in [0.15, 0.2) is 12.1 Å². The molecule has 0 aromatic carbocycles. The van der Waals surface area contributed by atoms with Crippen LogP contribution in [0, 0.1) is 0 Å². The zero-order chi connectivity index (χ0) is 10.8. The van der Waals surface area contributed by atoms with Crippen molar-refractivity contribution in [1.29, 1.82) is 0 Å². The van der Waals surface area contributed by atoms with Crippen LogP contribution in [0.5, 0.6) is 0 Å². The van der Waals surface area contributed by atoms with E-state index in [1.165, 1.54) is 19.8 Å². The molecule has 0 heterocycles. The molecular formula is C11H22O3. The minimum atomic E-state index is -0.212. The fourth-order valence-electron chi connectivity index (χ4n) is 1.06. The van der Waals surface area contributed by atoms with Crippen LogP contribution in [-0.2, 0) is 14.3 Å². The van der Waals surface area contributed by atoms with E-state index in [-0.39, 0.29) is 18.7 Å². The van der Waals surface area contributed by atoms with Crippen LogP contribution in [-0.4, -0.2) is 25.3 Å². The summed E-state index contributed by atoms with van der Waals surface area (Å²) >= 11 is 0. The van der Waals surface area contributed by atoms with Gasteiger partial charge in [-0.1, -0.05) is 26.7 Å². The number of hydrogen-bond donors (Lipinski definition) is 0. The predicted molar refractivity (Wildman–Crippen MR) is 56.2 cm³/mol. The van der Waals surface area contributed by atoms with E-state index in [1.54, 1.807) is 0 Å². The van der Waals surface area contributed by atoms with Crippen molar-refractivity contribution in [2.24, 2.45) is 0 Å². The Bertz CT molecular complexity index is 145. The van der Waals surface area contributed by atoms with Crippen LogP contribution in [0.25, 0.3) is 0 Å². The van der Waals surface area contributed by atoms with Gasteiger partial charge in [0.2, 0.25) is 0 Å². The van der Waals surface area contributed by atoms with Gasteiger partial charge < -0.3 is 9.47 Å². The Hall–Kier alpha value is -0.410. The van der Waals surface area contributed by atoms with Crippen LogP contribution in [0.4, 0.5) is 0 Å². The van der Waals surface area contributed by atoms with E-state index in [1.807, 2.05) is 6.92 Å². The van der Waals surface area contributed by atoms with Crippen LogP contribution in [0.15, 0.2) is 0 Å². The van der Waals surface area contributed by atoms with Crippen LogP contribution in [0.3, 0.4) is 0 Å². The average molecular weight is 202 g/mol. The smallest absolute Gasteiger partial charge is 0.157 e. The summed E-state index contributed by atoms with van der Waals surface area (Å²) in [7, 11) is 0. The summed E-state index contributed by atoms with van der Waals surface area (Å²) < 4.78 is 10.7. The number of carbonyl (C=O) groups excluding carboxylic acids is 1. The third-order valence-corrected chi connectivity index (χ3v) is 1.86. The van der Waals surface area contributed by atoms with Gasteiger partial charge in [0.25, 0.3) is 0 Å². The Balaban J connectivity index is 3.42. The Kier molecular flexibility index (Phi) is 8.89. The quantitative estimate of drug-likeness (QED) is 0.426. The molecule has 0 bridgehead atoms. The van der Waals surface area contributed by atoms with Gasteiger partial charge >= 0.3 is 0 Å². The molecule has 0 amide bonds. The number of rotatable bonds is 9. The lowest BCUT2D eigenvalue weighted by Gasteiger charge is -2.15. The topological polar surface area (TPSA) is 35.5 Å². The SMILES string of the molecule is CCCCCOC(CC)OCC(C)=O. The Morgan fingerprint density at radius 1 is 1.21 bits per heavy atom. The maximum Gasteiger partial charge on any atom is 0.157 e. The van der Waals surface area contributed by atoms with Crippen LogP contribution in [0.2, 0.25) is 0 Å². The molecule has 3 nitrogen and oxygen atoms in total. The summed E-state index contributed by atoms with van der Waals surface area (Å²) in [5.41, 5.74) is 0. The molecule has 0 aliphatic carbocycles. The van der Waals surface area contributed by atoms with Crippen molar-refractivity contribution in [3.05, 3.63) is 0 Å². The first-order valence-corrected chi connectivity index (χ1v) is 5.43. The molecule has 3 heteroatoms. The fourth-order valence-corrected chi connectivity index (χ4v) is 1.06. The van der Waals surface area contributed by atoms with Crippen molar-refractivity contribution in [3.8, 4) is 0 Å². The number of Topliss-reactive ketones (excluding diaryl/α,β-unsaturated/α-hetero) is 1. The summed E-state index contributed by atoms with van der Waals surface area (Å²) in [6.07, 6.45) is 4.02. The molecule has 0 aliphatic heterocycles. The second kappa shape index (κ2) is 9.16. The molecule has 14 heavy (non-hydrogen) atoms. The van der Waals surface area contributed by atoms with Crippen LogP contribution in [0.1, 0.15) is 46.5 Å². The summed E-state index contributed by atoms with van der Waals surface area (Å²) in [4.78, 5) is 10.7. The Labute approximate surface area is 86.8 Å². The molecule has 0 N–H and O–H groups in total. The molecule has 0 saturated heterocycles. The van der Waals surface area contributed by atoms with Gasteiger partial charge in [0, 0.05) is 6.61 Å². The maximum atomic E-state index is 10.7. The highest BCUT2D eigenvalue weighted by Crippen LogP contribution is 2.03. The van der Waals surface area contributed by atoms with E-state index < -0.39 is 0 Å². The fraction of sp³-hybridized carbons (Fsp3) is 0.909. The molecule has 0 aromatic heterocycles. The molecule has 0 aliphatic rings. The molecule has 0 rings (SSSR count). The normalized spacial score (nSPS) is 12.8. The van der Waals surface area contributed by atoms with Crippen molar-refractivity contribution in [1.82, 2.24) is 0 Å². The van der Waals surface area contributed by atoms with E-state index in [0.717, 1.165) is 19.4 Å². The standard InChI is InChI=1S/C11H22O3/c1-4-6-7-8-13-11(5-2)14-9-10(3)12/h11H,4-9H2,1-3H3. The van der Waals surface area contributed by atoms with Gasteiger partial charge in [0.05, 0.1) is 0 Å². The second-order valence-electron chi connectivity index (χ2n) is 3.43. The minimum Gasteiger partial charge on any atom is -0.353 e. The first-order chi connectivity index (χ1) is 6.70. The number of unbranched alkanes of at least 4 members (excludes halogenated alkanes) is 2. The molecule has 0 radical (unpaired) electrons. The number of hydrogen-bond acceptors (Lipinski definition) is 3. The highest BCUT2D eigenvalue weighted by molar-refractivity contribution is 5.76. The lowest BCUT2D eigenvalue weighted by Crippen LogP contribution is -2.20. The molecule has 0 aromatic rings. The van der Waals surface area contributed by atoms with Crippen molar-refractivity contribution < 1.29 is 14.3 Å². The predicted octanol–water partition coefficient (Wildman–Crippen LogP) is 2.53. The van der Waals surface area contributed by atoms with Gasteiger partial charge in [-0.3, -0.25) is 4.79 Å². The molecule has 84 valence electrons. The van der Waals surface area contributed by atoms with Gasteiger partial charge in [-0.25, -0.2) is 0 Å². The van der Waals surface area contributed by atoms with E-state index in [2.05, 4.69) is 6.92 Å². The van der Waals surface area contributed by atoms with Crippen molar-refractivity contribution >= 4 is 5.78 Å². The number of carbonyl (C=O) groups is 1. The Morgan fingerprint density at radius 2 is 1.93 bits per heavy atom. The highest BCUT2D eigenvalue weighted by atomic mass is 16.7. The second-order valence-corrected chi connectivity index (χ2v) is 3.43. The highest BCUT2D eigenvalue weighted by Gasteiger charge is 2.06. The van der Waals surface area contributed by atoms with Gasteiger partial charge in [-0.05, 0) is 19.8 Å². The minimum absolute atomic E-state index is 0.0422. The molecule has 0 fully saturated rings. The summed E-state index contributed by atoms with van der Waals surface area (Å²) in [5, 5.41) is 0. The van der Waals surface area contributed by atoms with Gasteiger partial charge in [-0.2, -0.15) is 0 Å². The first-order valence-electron chi connectivity index (χ1n) is 5.43. The zero-order valence-corrected chi connectivity index (χ0v) is 9.54. The largest absolute Gasteiger partial charge is 0.353 e. The lowest BCUT2D eigenvalue weighted by molar-refractivity contribution is -0.155.